The van der Waals surface area contributed by atoms with Crippen LogP contribution in [-0.2, 0) is 4.74 Å². The molecule has 0 aliphatic carbocycles. The van der Waals surface area contributed by atoms with E-state index in [4.69, 9.17) is 16.3 Å². The Labute approximate surface area is 116 Å². The summed E-state index contributed by atoms with van der Waals surface area (Å²) in [6.45, 7) is 5.56. The minimum absolute atomic E-state index is 0.0919. The minimum Gasteiger partial charge on any atom is -0.396 e. The average molecular weight is 282 g/mol. The summed E-state index contributed by atoms with van der Waals surface area (Å²) in [7, 11) is 3.50. The standard InChI is InChI=1S/C13H28ClNO3/c1-10(15-4)11(6-7-14)13(3,18-5)12(2,8-16)9-17/h10-11,15-17H,6-9H2,1-5H3/t10?,11-,13-/m0/s1. The normalized spacial score (nSPS) is 19.3. The van der Waals surface area contributed by atoms with Gasteiger partial charge in [0.05, 0.1) is 18.8 Å². The molecule has 0 aromatic rings. The number of halogens is 1. The number of aliphatic hydroxyl groups is 2. The summed E-state index contributed by atoms with van der Waals surface area (Å²) in [5, 5.41) is 22.5. The summed E-state index contributed by atoms with van der Waals surface area (Å²) in [5.41, 5.74) is -1.38. The predicted molar refractivity (Wildman–Crippen MR) is 75.0 cm³/mol. The number of ether oxygens (including phenoxy) is 1. The van der Waals surface area contributed by atoms with Crippen LogP contribution in [0.15, 0.2) is 0 Å². The zero-order valence-electron chi connectivity index (χ0n) is 12.2. The van der Waals surface area contributed by atoms with Crippen molar-refractivity contribution in [2.45, 2.75) is 38.8 Å². The lowest BCUT2D eigenvalue weighted by atomic mass is 9.65. The quantitative estimate of drug-likeness (QED) is 0.557. The van der Waals surface area contributed by atoms with Gasteiger partial charge in [-0.3, -0.25) is 0 Å². The number of alkyl halides is 1. The number of aliphatic hydroxyl groups excluding tert-OH is 2. The summed E-state index contributed by atoms with van der Waals surface area (Å²) in [6.07, 6.45) is 0.753. The molecule has 0 aromatic carbocycles. The lowest BCUT2D eigenvalue weighted by Crippen LogP contribution is -2.59. The van der Waals surface area contributed by atoms with Crippen LogP contribution in [0.4, 0.5) is 0 Å². The van der Waals surface area contributed by atoms with Crippen LogP contribution in [0.25, 0.3) is 0 Å². The third kappa shape index (κ3) is 3.36. The van der Waals surface area contributed by atoms with Crippen molar-refractivity contribution in [2.75, 3.05) is 33.3 Å². The van der Waals surface area contributed by atoms with Crippen LogP contribution in [-0.4, -0.2) is 55.1 Å². The molecule has 0 spiro atoms. The van der Waals surface area contributed by atoms with E-state index in [9.17, 15) is 10.2 Å². The number of nitrogens with one attached hydrogen (secondary N) is 1. The molecular weight excluding hydrogens is 254 g/mol. The van der Waals surface area contributed by atoms with Gasteiger partial charge < -0.3 is 20.3 Å². The van der Waals surface area contributed by atoms with Crippen LogP contribution < -0.4 is 5.32 Å². The summed E-state index contributed by atoms with van der Waals surface area (Å²) < 4.78 is 5.70. The molecule has 3 atom stereocenters. The molecule has 4 nitrogen and oxygen atoms in total. The van der Waals surface area contributed by atoms with E-state index in [0.29, 0.717) is 5.88 Å². The maximum absolute atomic E-state index is 9.63. The first-order valence-corrected chi connectivity index (χ1v) is 6.90. The summed E-state index contributed by atoms with van der Waals surface area (Å²) >= 11 is 5.89. The number of rotatable bonds is 9. The SMILES string of the molecule is CNC(C)[C@H](CCCl)[C@](C)(OC)C(C)(CO)CO. The Kier molecular flexibility index (Phi) is 7.71. The smallest absolute Gasteiger partial charge is 0.0791 e. The highest BCUT2D eigenvalue weighted by Gasteiger charge is 2.50. The van der Waals surface area contributed by atoms with Gasteiger partial charge in [0.15, 0.2) is 0 Å². The molecule has 0 aliphatic heterocycles. The van der Waals surface area contributed by atoms with E-state index in [1.807, 2.05) is 20.9 Å². The first kappa shape index (κ1) is 18.1. The lowest BCUT2D eigenvalue weighted by Gasteiger charge is -2.50. The fourth-order valence-corrected chi connectivity index (χ4v) is 2.77. The maximum Gasteiger partial charge on any atom is 0.0791 e. The molecular formula is C13H28ClNO3. The monoisotopic (exact) mass is 281 g/mol. The molecule has 0 aliphatic rings. The van der Waals surface area contributed by atoms with Gasteiger partial charge in [0.25, 0.3) is 0 Å². The number of hydrogen-bond donors (Lipinski definition) is 3. The van der Waals surface area contributed by atoms with Crippen molar-refractivity contribution in [2.24, 2.45) is 11.3 Å². The van der Waals surface area contributed by atoms with Crippen molar-refractivity contribution in [3.63, 3.8) is 0 Å². The molecule has 0 fully saturated rings. The Balaban J connectivity index is 5.42. The Morgan fingerprint density at radius 2 is 1.78 bits per heavy atom. The van der Waals surface area contributed by atoms with Crippen LogP contribution in [0.3, 0.4) is 0 Å². The predicted octanol–water partition coefficient (Wildman–Crippen LogP) is 1.24. The molecule has 3 N–H and O–H groups in total. The van der Waals surface area contributed by atoms with Gasteiger partial charge in [0.1, 0.15) is 0 Å². The van der Waals surface area contributed by atoms with E-state index >= 15 is 0 Å². The molecule has 0 heterocycles. The van der Waals surface area contributed by atoms with Crippen molar-refractivity contribution in [3.05, 3.63) is 0 Å². The van der Waals surface area contributed by atoms with E-state index in [-0.39, 0.29) is 25.2 Å². The van der Waals surface area contributed by atoms with E-state index in [0.717, 1.165) is 6.42 Å². The second-order valence-electron chi connectivity index (χ2n) is 5.35. The molecule has 0 saturated carbocycles. The van der Waals surface area contributed by atoms with Gasteiger partial charge in [-0.1, -0.05) is 6.92 Å². The highest BCUT2D eigenvalue weighted by molar-refractivity contribution is 6.17. The Bertz CT molecular complexity index is 236. The molecule has 18 heavy (non-hydrogen) atoms. The van der Waals surface area contributed by atoms with Crippen molar-refractivity contribution >= 4 is 11.6 Å². The summed E-state index contributed by atoms with van der Waals surface area (Å²) in [5.74, 6) is 0.608. The molecule has 0 aromatic heterocycles. The summed E-state index contributed by atoms with van der Waals surface area (Å²) in [4.78, 5) is 0. The van der Waals surface area contributed by atoms with E-state index in [2.05, 4.69) is 12.2 Å². The highest BCUT2D eigenvalue weighted by atomic mass is 35.5. The number of hydrogen-bond acceptors (Lipinski definition) is 4. The first-order valence-electron chi connectivity index (χ1n) is 6.37. The molecule has 0 bridgehead atoms. The van der Waals surface area contributed by atoms with Gasteiger partial charge in [0.2, 0.25) is 0 Å². The van der Waals surface area contributed by atoms with Crippen molar-refractivity contribution in [3.8, 4) is 0 Å². The van der Waals surface area contributed by atoms with Gasteiger partial charge in [-0.05, 0) is 27.3 Å². The molecule has 1 unspecified atom stereocenters. The lowest BCUT2D eigenvalue weighted by molar-refractivity contribution is -0.170. The fraction of sp³-hybridized carbons (Fsp3) is 1.00. The highest BCUT2D eigenvalue weighted by Crippen LogP contribution is 2.42. The zero-order valence-corrected chi connectivity index (χ0v) is 12.9. The van der Waals surface area contributed by atoms with Gasteiger partial charge in [-0.15, -0.1) is 11.6 Å². The first-order chi connectivity index (χ1) is 8.36. The van der Waals surface area contributed by atoms with Crippen LogP contribution in [0.5, 0.6) is 0 Å². The Morgan fingerprint density at radius 3 is 2.06 bits per heavy atom. The molecule has 110 valence electrons. The second-order valence-corrected chi connectivity index (χ2v) is 5.73. The van der Waals surface area contributed by atoms with Gasteiger partial charge in [0, 0.05) is 30.4 Å². The zero-order chi connectivity index (χ0) is 14.4. The molecule has 0 saturated heterocycles. The van der Waals surface area contributed by atoms with Crippen LogP contribution in [0.2, 0.25) is 0 Å². The molecule has 0 radical (unpaired) electrons. The van der Waals surface area contributed by atoms with Crippen LogP contribution in [0, 0.1) is 11.3 Å². The molecule has 0 amide bonds. The van der Waals surface area contributed by atoms with Crippen LogP contribution >= 0.6 is 11.6 Å². The Hall–Kier alpha value is 0.130. The minimum atomic E-state index is -0.719. The Morgan fingerprint density at radius 1 is 1.28 bits per heavy atom. The van der Waals surface area contributed by atoms with Crippen LogP contribution in [0.1, 0.15) is 27.2 Å². The molecule has 5 heteroatoms. The maximum atomic E-state index is 9.63. The second kappa shape index (κ2) is 7.65. The van der Waals surface area contributed by atoms with Crippen molar-refractivity contribution in [1.29, 1.82) is 0 Å². The third-order valence-electron chi connectivity index (χ3n) is 4.51. The largest absolute Gasteiger partial charge is 0.396 e. The third-order valence-corrected chi connectivity index (χ3v) is 4.73. The van der Waals surface area contributed by atoms with E-state index < -0.39 is 11.0 Å². The summed E-state index contributed by atoms with van der Waals surface area (Å²) in [6, 6.07) is 0.172. The number of methoxy groups -OCH3 is 1. The van der Waals surface area contributed by atoms with Gasteiger partial charge in [-0.25, -0.2) is 0 Å². The van der Waals surface area contributed by atoms with E-state index in [1.54, 1.807) is 7.11 Å². The average Bonchev–Trinajstić information content (AvgIpc) is 2.41. The fourth-order valence-electron chi connectivity index (χ4n) is 2.53. The van der Waals surface area contributed by atoms with Crippen molar-refractivity contribution < 1.29 is 14.9 Å². The topological polar surface area (TPSA) is 61.7 Å². The molecule has 0 rings (SSSR count). The van der Waals surface area contributed by atoms with E-state index in [1.165, 1.54) is 0 Å². The van der Waals surface area contributed by atoms with Gasteiger partial charge >= 0.3 is 0 Å². The van der Waals surface area contributed by atoms with Gasteiger partial charge in [-0.2, -0.15) is 0 Å². The van der Waals surface area contributed by atoms with Crippen molar-refractivity contribution in [1.82, 2.24) is 5.32 Å².